The van der Waals surface area contributed by atoms with E-state index in [-0.39, 0.29) is 18.4 Å². The van der Waals surface area contributed by atoms with E-state index in [4.69, 9.17) is 16.7 Å². The number of anilines is 1. The van der Waals surface area contributed by atoms with Crippen molar-refractivity contribution < 1.29 is 14.7 Å². The number of aryl methyl sites for hydroxylation is 1. The molecule has 1 heterocycles. The average Bonchev–Trinajstić information content (AvgIpc) is 2.85. The zero-order chi connectivity index (χ0) is 18.0. The molecule has 0 aromatic heterocycles. The van der Waals surface area contributed by atoms with Crippen LogP contribution in [0.25, 0.3) is 5.57 Å². The summed E-state index contributed by atoms with van der Waals surface area (Å²) in [6, 6.07) is 14.1. The van der Waals surface area contributed by atoms with E-state index in [1.165, 1.54) is 16.7 Å². The summed E-state index contributed by atoms with van der Waals surface area (Å²) in [5.41, 5.74) is 2.40. The number of hydrogen-bond donors (Lipinski definition) is 1. The molecular formula is C19H16ClNO3S. The second-order valence-corrected chi connectivity index (χ2v) is 7.06. The molecule has 1 aliphatic heterocycles. The Labute approximate surface area is 155 Å². The van der Waals surface area contributed by atoms with Gasteiger partial charge >= 0.3 is 0 Å². The molecule has 4 nitrogen and oxygen atoms in total. The summed E-state index contributed by atoms with van der Waals surface area (Å²) < 4.78 is 0. The first-order valence-electron chi connectivity index (χ1n) is 7.73. The molecule has 25 heavy (non-hydrogen) atoms. The van der Waals surface area contributed by atoms with Crippen LogP contribution in [-0.4, -0.2) is 29.3 Å². The van der Waals surface area contributed by atoms with Gasteiger partial charge in [0.2, 0.25) is 0 Å². The monoisotopic (exact) mass is 373 g/mol. The summed E-state index contributed by atoms with van der Waals surface area (Å²) in [7, 11) is 0. The Bertz CT molecular complexity index is 861. The lowest BCUT2D eigenvalue weighted by molar-refractivity contribution is -0.119. The van der Waals surface area contributed by atoms with E-state index in [0.717, 1.165) is 5.56 Å². The van der Waals surface area contributed by atoms with Crippen molar-refractivity contribution in [3.05, 3.63) is 69.6 Å². The molecule has 2 aromatic rings. The number of carbonyl (C=O) groups excluding carboxylic acids is 2. The molecule has 3 rings (SSSR count). The molecule has 0 atom stereocenters. The van der Waals surface area contributed by atoms with Crippen LogP contribution in [-0.2, 0) is 9.59 Å². The van der Waals surface area contributed by atoms with E-state index < -0.39 is 0 Å². The molecule has 0 spiro atoms. The van der Waals surface area contributed by atoms with Crippen molar-refractivity contribution in [2.45, 2.75) is 6.92 Å². The van der Waals surface area contributed by atoms with E-state index in [9.17, 15) is 9.59 Å². The number of imide groups is 1. The molecule has 0 bridgehead atoms. The van der Waals surface area contributed by atoms with Crippen LogP contribution >= 0.6 is 23.4 Å². The van der Waals surface area contributed by atoms with Crippen molar-refractivity contribution in [2.24, 2.45) is 0 Å². The van der Waals surface area contributed by atoms with Gasteiger partial charge < -0.3 is 5.11 Å². The van der Waals surface area contributed by atoms with Gasteiger partial charge in [-0.1, -0.05) is 41.9 Å². The van der Waals surface area contributed by atoms with E-state index in [1.54, 1.807) is 36.4 Å². The molecule has 2 amide bonds. The van der Waals surface area contributed by atoms with Gasteiger partial charge in [-0.2, -0.15) is 0 Å². The molecule has 1 N–H and O–H groups in total. The minimum absolute atomic E-state index is 0.0755. The van der Waals surface area contributed by atoms with E-state index >= 15 is 0 Å². The Morgan fingerprint density at radius 2 is 1.72 bits per heavy atom. The second kappa shape index (κ2) is 7.44. The van der Waals surface area contributed by atoms with Gasteiger partial charge in [0, 0.05) is 10.8 Å². The molecule has 1 aliphatic rings. The fraction of sp³-hybridized carbons (Fsp3) is 0.158. The third-order valence-electron chi connectivity index (χ3n) is 3.87. The second-order valence-electron chi connectivity index (χ2n) is 5.52. The minimum atomic E-state index is -0.359. The van der Waals surface area contributed by atoms with Gasteiger partial charge in [0.15, 0.2) is 0 Å². The minimum Gasteiger partial charge on any atom is -0.396 e. The number of carbonyl (C=O) groups is 2. The number of rotatable bonds is 5. The van der Waals surface area contributed by atoms with Crippen LogP contribution in [0.5, 0.6) is 0 Å². The van der Waals surface area contributed by atoms with Crippen molar-refractivity contribution in [3.63, 3.8) is 0 Å². The summed E-state index contributed by atoms with van der Waals surface area (Å²) in [5.74, 6) is -0.377. The van der Waals surface area contributed by atoms with Crippen LogP contribution in [0, 0.1) is 6.92 Å². The smallest absolute Gasteiger partial charge is 0.272 e. The van der Waals surface area contributed by atoms with Crippen molar-refractivity contribution >= 4 is 46.4 Å². The Hall–Kier alpha value is -2.08. The van der Waals surface area contributed by atoms with Crippen LogP contribution in [0.1, 0.15) is 11.1 Å². The van der Waals surface area contributed by atoms with Gasteiger partial charge in [-0.3, -0.25) is 9.59 Å². The Balaban J connectivity index is 2.09. The highest BCUT2D eigenvalue weighted by molar-refractivity contribution is 8.04. The molecule has 0 unspecified atom stereocenters. The lowest BCUT2D eigenvalue weighted by atomic mass is 10.1. The van der Waals surface area contributed by atoms with Crippen molar-refractivity contribution in [1.82, 2.24) is 0 Å². The summed E-state index contributed by atoms with van der Waals surface area (Å²) in [6.45, 7) is 1.78. The van der Waals surface area contributed by atoms with Gasteiger partial charge in [0.25, 0.3) is 11.8 Å². The maximum Gasteiger partial charge on any atom is 0.272 e. The first kappa shape index (κ1) is 17.7. The molecule has 0 saturated heterocycles. The molecule has 0 radical (unpaired) electrons. The first-order valence-corrected chi connectivity index (χ1v) is 9.09. The highest BCUT2D eigenvalue weighted by Gasteiger charge is 2.40. The van der Waals surface area contributed by atoms with Crippen molar-refractivity contribution in [1.29, 1.82) is 0 Å². The van der Waals surface area contributed by atoms with Gasteiger partial charge in [0.05, 0.1) is 22.8 Å². The average molecular weight is 374 g/mol. The molecule has 0 saturated carbocycles. The quantitative estimate of drug-likeness (QED) is 0.812. The lowest BCUT2D eigenvalue weighted by Crippen LogP contribution is -2.31. The number of hydrogen-bond acceptors (Lipinski definition) is 4. The first-order chi connectivity index (χ1) is 12.0. The fourth-order valence-electron chi connectivity index (χ4n) is 2.70. The lowest BCUT2D eigenvalue weighted by Gasteiger charge is -2.17. The molecular weight excluding hydrogens is 358 g/mol. The van der Waals surface area contributed by atoms with Gasteiger partial charge in [0.1, 0.15) is 0 Å². The largest absolute Gasteiger partial charge is 0.396 e. The SMILES string of the molecule is Cc1ccccc1N1C(=O)C(SCCO)=C(c2ccc(Cl)cc2)C1=O. The van der Waals surface area contributed by atoms with Crippen molar-refractivity contribution in [2.75, 3.05) is 17.3 Å². The number of para-hydroxylation sites is 1. The summed E-state index contributed by atoms with van der Waals surface area (Å²) >= 11 is 7.12. The topological polar surface area (TPSA) is 57.6 Å². The maximum atomic E-state index is 13.1. The summed E-state index contributed by atoms with van der Waals surface area (Å²) in [6.07, 6.45) is 0. The van der Waals surface area contributed by atoms with Crippen LogP contribution in [0.3, 0.4) is 0 Å². The maximum absolute atomic E-state index is 13.1. The van der Waals surface area contributed by atoms with E-state index in [2.05, 4.69) is 0 Å². The normalized spacial score (nSPS) is 14.6. The zero-order valence-electron chi connectivity index (χ0n) is 13.5. The number of thioether (sulfide) groups is 1. The number of amides is 2. The van der Waals surface area contributed by atoms with Crippen LogP contribution in [0.2, 0.25) is 5.02 Å². The van der Waals surface area contributed by atoms with E-state index in [0.29, 0.717) is 32.5 Å². The predicted molar refractivity (Wildman–Crippen MR) is 102 cm³/mol. The number of nitrogens with zero attached hydrogens (tertiary/aromatic N) is 1. The van der Waals surface area contributed by atoms with E-state index in [1.807, 2.05) is 19.1 Å². The predicted octanol–water partition coefficient (Wildman–Crippen LogP) is 3.66. The summed E-state index contributed by atoms with van der Waals surface area (Å²) in [4.78, 5) is 27.6. The molecule has 0 fully saturated rings. The third-order valence-corrected chi connectivity index (χ3v) is 5.17. The Morgan fingerprint density at radius 1 is 1.04 bits per heavy atom. The van der Waals surface area contributed by atoms with Gasteiger partial charge in [-0.05, 0) is 36.2 Å². The number of aliphatic hydroxyl groups excluding tert-OH is 1. The number of halogens is 1. The molecule has 128 valence electrons. The zero-order valence-corrected chi connectivity index (χ0v) is 15.1. The highest BCUT2D eigenvalue weighted by atomic mass is 35.5. The van der Waals surface area contributed by atoms with Crippen LogP contribution < -0.4 is 4.90 Å². The fourth-order valence-corrected chi connectivity index (χ4v) is 3.68. The van der Waals surface area contributed by atoms with Crippen LogP contribution in [0.15, 0.2) is 53.4 Å². The third kappa shape index (κ3) is 3.35. The summed E-state index contributed by atoms with van der Waals surface area (Å²) in [5, 5.41) is 9.69. The van der Waals surface area contributed by atoms with Crippen molar-refractivity contribution in [3.8, 4) is 0 Å². The number of benzene rings is 2. The molecule has 2 aromatic carbocycles. The van der Waals surface area contributed by atoms with Gasteiger partial charge in [-0.15, -0.1) is 11.8 Å². The standard InChI is InChI=1S/C19H16ClNO3S/c1-12-4-2-3-5-15(12)21-18(23)16(13-6-8-14(20)9-7-13)17(19(21)24)25-11-10-22/h2-9,22H,10-11H2,1H3. The Kier molecular flexibility index (Phi) is 5.27. The Morgan fingerprint density at radius 3 is 2.36 bits per heavy atom. The molecule has 6 heteroatoms. The van der Waals surface area contributed by atoms with Crippen LogP contribution in [0.4, 0.5) is 5.69 Å². The number of aliphatic hydroxyl groups is 1. The molecule has 0 aliphatic carbocycles. The van der Waals surface area contributed by atoms with Gasteiger partial charge in [-0.25, -0.2) is 4.90 Å². The highest BCUT2D eigenvalue weighted by Crippen LogP contribution is 2.39.